The lowest BCUT2D eigenvalue weighted by Gasteiger charge is -2.21. The standard InChI is InChI=1S/C14H24N4/c1-5-11-6-7-18(8-11)14-10(4)12(15)16-13(17-14)9(2)3/h9,11H,5-8H2,1-4H3,(H2,15,16,17). The van der Waals surface area contributed by atoms with Crippen LogP contribution in [0.4, 0.5) is 11.6 Å². The highest BCUT2D eigenvalue weighted by Gasteiger charge is 2.24. The van der Waals surface area contributed by atoms with Crippen LogP contribution < -0.4 is 10.6 Å². The van der Waals surface area contributed by atoms with E-state index in [-0.39, 0.29) is 0 Å². The SMILES string of the molecule is CCC1CCN(c2nc(C(C)C)nc(N)c2C)C1. The summed E-state index contributed by atoms with van der Waals surface area (Å²) in [6.07, 6.45) is 2.50. The van der Waals surface area contributed by atoms with Crippen LogP contribution in [0.5, 0.6) is 0 Å². The average molecular weight is 248 g/mol. The van der Waals surface area contributed by atoms with Crippen molar-refractivity contribution in [3.8, 4) is 0 Å². The molecule has 1 unspecified atom stereocenters. The monoisotopic (exact) mass is 248 g/mol. The summed E-state index contributed by atoms with van der Waals surface area (Å²) in [6.45, 7) is 10.7. The molecule has 1 aromatic heterocycles. The number of rotatable bonds is 3. The summed E-state index contributed by atoms with van der Waals surface area (Å²) in [5.41, 5.74) is 7.04. The van der Waals surface area contributed by atoms with Crippen LogP contribution in [0.2, 0.25) is 0 Å². The molecule has 100 valence electrons. The Hall–Kier alpha value is -1.32. The molecule has 2 heterocycles. The largest absolute Gasteiger partial charge is 0.383 e. The summed E-state index contributed by atoms with van der Waals surface area (Å²) in [5, 5.41) is 0. The summed E-state index contributed by atoms with van der Waals surface area (Å²) in [4.78, 5) is 11.5. The van der Waals surface area contributed by atoms with Gasteiger partial charge in [-0.1, -0.05) is 27.2 Å². The molecule has 1 fully saturated rings. The molecule has 1 aromatic rings. The first-order chi connectivity index (χ1) is 8.52. The van der Waals surface area contributed by atoms with E-state index in [2.05, 4.69) is 30.7 Å². The van der Waals surface area contributed by atoms with Crippen molar-refractivity contribution in [2.45, 2.75) is 46.5 Å². The number of nitrogen functional groups attached to an aromatic ring is 1. The van der Waals surface area contributed by atoms with Crippen LogP contribution in [0.3, 0.4) is 0 Å². The second-order valence-electron chi connectivity index (χ2n) is 5.58. The Morgan fingerprint density at radius 2 is 2.11 bits per heavy atom. The van der Waals surface area contributed by atoms with Gasteiger partial charge < -0.3 is 10.6 Å². The van der Waals surface area contributed by atoms with E-state index in [1.54, 1.807) is 0 Å². The fourth-order valence-corrected chi connectivity index (χ4v) is 2.46. The third-order valence-corrected chi connectivity index (χ3v) is 3.85. The summed E-state index contributed by atoms with van der Waals surface area (Å²) < 4.78 is 0. The second kappa shape index (κ2) is 5.12. The van der Waals surface area contributed by atoms with E-state index in [4.69, 9.17) is 10.7 Å². The van der Waals surface area contributed by atoms with Gasteiger partial charge in [-0.15, -0.1) is 0 Å². The molecule has 4 nitrogen and oxygen atoms in total. The highest BCUT2D eigenvalue weighted by atomic mass is 15.2. The van der Waals surface area contributed by atoms with E-state index in [1.807, 2.05) is 6.92 Å². The zero-order valence-corrected chi connectivity index (χ0v) is 11.9. The first kappa shape index (κ1) is 13.1. The molecule has 0 aromatic carbocycles. The van der Waals surface area contributed by atoms with E-state index in [9.17, 15) is 0 Å². The Bertz CT molecular complexity index is 428. The number of aromatic nitrogens is 2. The highest BCUT2D eigenvalue weighted by Crippen LogP contribution is 2.29. The molecule has 0 radical (unpaired) electrons. The molecule has 18 heavy (non-hydrogen) atoms. The maximum Gasteiger partial charge on any atom is 0.137 e. The lowest BCUT2D eigenvalue weighted by atomic mass is 10.1. The summed E-state index contributed by atoms with van der Waals surface area (Å²) in [5.74, 6) is 3.64. The number of nitrogens with zero attached hydrogens (tertiary/aromatic N) is 3. The maximum absolute atomic E-state index is 6.02. The fraction of sp³-hybridized carbons (Fsp3) is 0.714. The normalized spacial score (nSPS) is 19.8. The number of anilines is 2. The van der Waals surface area contributed by atoms with Crippen molar-refractivity contribution in [2.75, 3.05) is 23.7 Å². The summed E-state index contributed by atoms with van der Waals surface area (Å²) in [7, 11) is 0. The van der Waals surface area contributed by atoms with Gasteiger partial charge in [0.15, 0.2) is 0 Å². The van der Waals surface area contributed by atoms with Gasteiger partial charge in [0, 0.05) is 24.6 Å². The third kappa shape index (κ3) is 2.42. The molecule has 0 amide bonds. The van der Waals surface area contributed by atoms with Crippen molar-refractivity contribution in [2.24, 2.45) is 5.92 Å². The van der Waals surface area contributed by atoms with Crippen molar-refractivity contribution in [1.82, 2.24) is 9.97 Å². The van der Waals surface area contributed by atoms with Gasteiger partial charge in [-0.2, -0.15) is 0 Å². The molecule has 1 saturated heterocycles. The van der Waals surface area contributed by atoms with Gasteiger partial charge in [0.1, 0.15) is 17.5 Å². The van der Waals surface area contributed by atoms with Gasteiger partial charge >= 0.3 is 0 Å². The quantitative estimate of drug-likeness (QED) is 0.893. The van der Waals surface area contributed by atoms with Crippen LogP contribution in [0, 0.1) is 12.8 Å². The fourth-order valence-electron chi connectivity index (χ4n) is 2.46. The van der Waals surface area contributed by atoms with Crippen LogP contribution in [-0.4, -0.2) is 23.1 Å². The van der Waals surface area contributed by atoms with E-state index in [0.29, 0.717) is 11.7 Å². The minimum atomic E-state index is 0.316. The van der Waals surface area contributed by atoms with Crippen LogP contribution in [0.15, 0.2) is 0 Å². The molecular formula is C14H24N4. The molecule has 2 N–H and O–H groups in total. The van der Waals surface area contributed by atoms with E-state index >= 15 is 0 Å². The molecule has 0 spiro atoms. The van der Waals surface area contributed by atoms with Gasteiger partial charge in [0.05, 0.1) is 0 Å². The molecular weight excluding hydrogens is 224 g/mol. The smallest absolute Gasteiger partial charge is 0.137 e. The molecule has 2 rings (SSSR count). The Morgan fingerprint density at radius 1 is 1.39 bits per heavy atom. The summed E-state index contributed by atoms with van der Waals surface area (Å²) >= 11 is 0. The third-order valence-electron chi connectivity index (χ3n) is 3.85. The molecule has 4 heteroatoms. The first-order valence-electron chi connectivity index (χ1n) is 6.91. The van der Waals surface area contributed by atoms with Crippen molar-refractivity contribution in [1.29, 1.82) is 0 Å². The van der Waals surface area contributed by atoms with Gasteiger partial charge in [0.25, 0.3) is 0 Å². The Morgan fingerprint density at radius 3 is 2.67 bits per heavy atom. The molecule has 0 aliphatic carbocycles. The predicted octanol–water partition coefficient (Wildman–Crippen LogP) is 2.73. The maximum atomic E-state index is 6.02. The van der Waals surface area contributed by atoms with Crippen LogP contribution in [-0.2, 0) is 0 Å². The Kier molecular flexibility index (Phi) is 3.73. The average Bonchev–Trinajstić information content (AvgIpc) is 2.80. The van der Waals surface area contributed by atoms with E-state index in [1.165, 1.54) is 12.8 Å². The molecule has 0 bridgehead atoms. The first-order valence-corrected chi connectivity index (χ1v) is 6.91. The topological polar surface area (TPSA) is 55.0 Å². The van der Waals surface area contributed by atoms with Crippen LogP contribution >= 0.6 is 0 Å². The van der Waals surface area contributed by atoms with Crippen molar-refractivity contribution >= 4 is 11.6 Å². The zero-order valence-electron chi connectivity index (χ0n) is 11.9. The number of hydrogen-bond acceptors (Lipinski definition) is 4. The highest BCUT2D eigenvalue weighted by molar-refractivity contribution is 5.57. The lowest BCUT2D eigenvalue weighted by molar-refractivity contribution is 0.568. The Labute approximate surface area is 110 Å². The molecule has 1 aliphatic rings. The van der Waals surface area contributed by atoms with E-state index < -0.39 is 0 Å². The van der Waals surface area contributed by atoms with Gasteiger partial charge in [-0.05, 0) is 19.3 Å². The molecule has 1 aliphatic heterocycles. The van der Waals surface area contributed by atoms with Crippen molar-refractivity contribution in [3.63, 3.8) is 0 Å². The minimum absolute atomic E-state index is 0.316. The van der Waals surface area contributed by atoms with Crippen LogP contribution in [0.25, 0.3) is 0 Å². The van der Waals surface area contributed by atoms with Crippen molar-refractivity contribution < 1.29 is 0 Å². The Balaban J connectivity index is 2.32. The van der Waals surface area contributed by atoms with Gasteiger partial charge in [-0.3, -0.25) is 0 Å². The molecule has 1 atom stereocenters. The lowest BCUT2D eigenvalue weighted by Crippen LogP contribution is -2.23. The van der Waals surface area contributed by atoms with Gasteiger partial charge in [-0.25, -0.2) is 9.97 Å². The minimum Gasteiger partial charge on any atom is -0.383 e. The second-order valence-corrected chi connectivity index (χ2v) is 5.58. The zero-order chi connectivity index (χ0) is 13.3. The number of nitrogens with two attached hydrogens (primary N) is 1. The van der Waals surface area contributed by atoms with Crippen LogP contribution in [0.1, 0.15) is 50.9 Å². The predicted molar refractivity (Wildman–Crippen MR) is 75.9 cm³/mol. The van der Waals surface area contributed by atoms with E-state index in [0.717, 1.165) is 36.2 Å². The van der Waals surface area contributed by atoms with Crippen molar-refractivity contribution in [3.05, 3.63) is 11.4 Å². The number of hydrogen-bond donors (Lipinski definition) is 1. The molecule has 0 saturated carbocycles. The van der Waals surface area contributed by atoms with Gasteiger partial charge in [0.2, 0.25) is 0 Å². The summed E-state index contributed by atoms with van der Waals surface area (Å²) in [6, 6.07) is 0.